The molecule has 0 radical (unpaired) electrons. The van der Waals surface area contributed by atoms with Crippen molar-refractivity contribution in [3.8, 4) is 0 Å². The smallest absolute Gasteiger partial charge is 0.253 e. The van der Waals surface area contributed by atoms with Gasteiger partial charge in [0, 0.05) is 23.6 Å². The number of aromatic nitrogens is 2. The number of hydrogen-bond acceptors (Lipinski definition) is 2. The van der Waals surface area contributed by atoms with E-state index in [0.29, 0.717) is 6.54 Å². The first-order chi connectivity index (χ1) is 6.44. The minimum absolute atomic E-state index is 0.0199. The van der Waals surface area contributed by atoms with Gasteiger partial charge in [-0.25, -0.2) is 4.98 Å². The van der Waals surface area contributed by atoms with E-state index in [1.807, 2.05) is 6.92 Å². The van der Waals surface area contributed by atoms with Crippen LogP contribution in [0.15, 0.2) is 17.2 Å². The predicted octanol–water partition coefficient (Wildman–Crippen LogP) is 1.97. The Morgan fingerprint density at radius 2 is 2.21 bits per heavy atom. The topological polar surface area (TPSA) is 34.9 Å². The standard InChI is InChI=1S/C10H15BrN2O/c1-8-4-9(14)13(7-12-8)6-10(2,3)5-11/h4,7H,5-6H2,1-3H3. The van der Waals surface area contributed by atoms with E-state index in [0.717, 1.165) is 11.0 Å². The van der Waals surface area contributed by atoms with Gasteiger partial charge in [0.25, 0.3) is 5.56 Å². The van der Waals surface area contributed by atoms with Gasteiger partial charge < -0.3 is 0 Å². The molecule has 1 aromatic rings. The summed E-state index contributed by atoms with van der Waals surface area (Å²) in [5, 5.41) is 0.861. The maximum Gasteiger partial charge on any atom is 0.253 e. The molecular weight excluding hydrogens is 244 g/mol. The van der Waals surface area contributed by atoms with Crippen LogP contribution in [0.4, 0.5) is 0 Å². The van der Waals surface area contributed by atoms with Crippen molar-refractivity contribution < 1.29 is 0 Å². The molecule has 0 fully saturated rings. The zero-order chi connectivity index (χ0) is 10.8. The van der Waals surface area contributed by atoms with Crippen molar-refractivity contribution in [2.45, 2.75) is 27.3 Å². The third-order valence-corrected chi connectivity index (χ3v) is 3.49. The first kappa shape index (κ1) is 11.4. The molecule has 0 spiro atoms. The lowest BCUT2D eigenvalue weighted by molar-refractivity contribution is 0.346. The molecular formula is C10H15BrN2O. The summed E-state index contributed by atoms with van der Waals surface area (Å²) in [6.07, 6.45) is 1.61. The largest absolute Gasteiger partial charge is 0.299 e. The summed E-state index contributed by atoms with van der Waals surface area (Å²) in [5.74, 6) is 0. The molecule has 78 valence electrons. The van der Waals surface area contributed by atoms with E-state index >= 15 is 0 Å². The average molecular weight is 259 g/mol. The van der Waals surface area contributed by atoms with Crippen LogP contribution in [0.3, 0.4) is 0 Å². The Bertz CT molecular complexity index is 371. The second-order valence-electron chi connectivity index (χ2n) is 4.29. The molecule has 1 rings (SSSR count). The molecule has 0 amide bonds. The molecule has 4 heteroatoms. The fraction of sp³-hybridized carbons (Fsp3) is 0.600. The van der Waals surface area contributed by atoms with Gasteiger partial charge >= 0.3 is 0 Å². The molecule has 0 aliphatic heterocycles. The molecule has 0 saturated carbocycles. The zero-order valence-corrected chi connectivity index (χ0v) is 10.3. The molecule has 0 aliphatic carbocycles. The van der Waals surface area contributed by atoms with Crippen LogP contribution in [0.25, 0.3) is 0 Å². The van der Waals surface area contributed by atoms with E-state index in [9.17, 15) is 4.79 Å². The van der Waals surface area contributed by atoms with Gasteiger partial charge in [-0.3, -0.25) is 9.36 Å². The summed E-state index contributed by atoms with van der Waals surface area (Å²) in [5.41, 5.74) is 0.857. The van der Waals surface area contributed by atoms with Gasteiger partial charge in [0.2, 0.25) is 0 Å². The van der Waals surface area contributed by atoms with Gasteiger partial charge in [-0.05, 0) is 12.3 Å². The number of halogens is 1. The van der Waals surface area contributed by atoms with Crippen LogP contribution >= 0.6 is 15.9 Å². The highest BCUT2D eigenvalue weighted by Gasteiger charge is 2.17. The van der Waals surface area contributed by atoms with Crippen molar-refractivity contribution >= 4 is 15.9 Å². The van der Waals surface area contributed by atoms with Crippen LogP contribution in [0.1, 0.15) is 19.5 Å². The van der Waals surface area contributed by atoms with Gasteiger partial charge in [0.05, 0.1) is 6.33 Å². The SMILES string of the molecule is Cc1cc(=O)n(CC(C)(C)CBr)cn1. The molecule has 0 aliphatic rings. The second-order valence-corrected chi connectivity index (χ2v) is 4.86. The first-order valence-corrected chi connectivity index (χ1v) is 5.66. The van der Waals surface area contributed by atoms with E-state index in [2.05, 4.69) is 34.8 Å². The van der Waals surface area contributed by atoms with E-state index in [-0.39, 0.29) is 11.0 Å². The van der Waals surface area contributed by atoms with Gasteiger partial charge in [0.15, 0.2) is 0 Å². The number of alkyl halides is 1. The minimum atomic E-state index is 0.0199. The zero-order valence-electron chi connectivity index (χ0n) is 8.75. The molecule has 14 heavy (non-hydrogen) atoms. The third kappa shape index (κ3) is 2.94. The summed E-state index contributed by atoms with van der Waals surface area (Å²) in [6, 6.07) is 1.56. The van der Waals surface area contributed by atoms with E-state index < -0.39 is 0 Å². The van der Waals surface area contributed by atoms with Crippen molar-refractivity contribution in [2.75, 3.05) is 5.33 Å². The van der Waals surface area contributed by atoms with Crippen molar-refractivity contribution in [3.63, 3.8) is 0 Å². The van der Waals surface area contributed by atoms with Crippen LogP contribution in [0, 0.1) is 12.3 Å². The van der Waals surface area contributed by atoms with Crippen LogP contribution in [-0.4, -0.2) is 14.9 Å². The molecule has 1 heterocycles. The third-order valence-electron chi connectivity index (χ3n) is 1.98. The Morgan fingerprint density at radius 1 is 1.57 bits per heavy atom. The molecule has 0 unspecified atom stereocenters. The normalized spacial score (nSPS) is 11.7. The van der Waals surface area contributed by atoms with E-state index in [1.165, 1.54) is 0 Å². The van der Waals surface area contributed by atoms with Crippen molar-refractivity contribution in [1.29, 1.82) is 0 Å². The van der Waals surface area contributed by atoms with Gasteiger partial charge in [-0.15, -0.1) is 0 Å². The molecule has 0 bridgehead atoms. The van der Waals surface area contributed by atoms with Crippen molar-refractivity contribution in [2.24, 2.45) is 5.41 Å². The fourth-order valence-corrected chi connectivity index (χ4v) is 1.32. The Hall–Kier alpha value is -0.640. The molecule has 0 atom stereocenters. The molecule has 0 aromatic carbocycles. The quantitative estimate of drug-likeness (QED) is 0.778. The van der Waals surface area contributed by atoms with Crippen LogP contribution in [0.5, 0.6) is 0 Å². The van der Waals surface area contributed by atoms with Gasteiger partial charge in [-0.2, -0.15) is 0 Å². The Kier molecular flexibility index (Phi) is 3.48. The maximum absolute atomic E-state index is 11.5. The number of nitrogens with zero attached hydrogens (tertiary/aromatic N) is 2. The lowest BCUT2D eigenvalue weighted by Crippen LogP contribution is -2.29. The highest BCUT2D eigenvalue weighted by Crippen LogP contribution is 2.19. The van der Waals surface area contributed by atoms with Gasteiger partial charge in [-0.1, -0.05) is 29.8 Å². The fourth-order valence-electron chi connectivity index (χ4n) is 1.14. The summed E-state index contributed by atoms with van der Waals surface area (Å²) < 4.78 is 1.65. The predicted molar refractivity (Wildman–Crippen MR) is 60.8 cm³/mol. The Labute approximate surface area is 92.3 Å². The van der Waals surface area contributed by atoms with Crippen molar-refractivity contribution in [1.82, 2.24) is 9.55 Å². The summed E-state index contributed by atoms with van der Waals surface area (Å²) in [4.78, 5) is 15.6. The molecule has 3 nitrogen and oxygen atoms in total. The van der Waals surface area contributed by atoms with Gasteiger partial charge in [0.1, 0.15) is 0 Å². The van der Waals surface area contributed by atoms with E-state index in [4.69, 9.17) is 0 Å². The van der Waals surface area contributed by atoms with Crippen LogP contribution < -0.4 is 5.56 Å². The van der Waals surface area contributed by atoms with Crippen LogP contribution in [0.2, 0.25) is 0 Å². The summed E-state index contributed by atoms with van der Waals surface area (Å²) in [6.45, 7) is 6.72. The second kappa shape index (κ2) is 4.26. The molecule has 0 saturated heterocycles. The highest BCUT2D eigenvalue weighted by molar-refractivity contribution is 9.09. The lowest BCUT2D eigenvalue weighted by Gasteiger charge is -2.22. The number of aryl methyl sites for hydroxylation is 1. The summed E-state index contributed by atoms with van der Waals surface area (Å²) >= 11 is 3.43. The minimum Gasteiger partial charge on any atom is -0.299 e. The number of hydrogen-bond donors (Lipinski definition) is 0. The number of rotatable bonds is 3. The highest BCUT2D eigenvalue weighted by atomic mass is 79.9. The average Bonchev–Trinajstić information content (AvgIpc) is 2.10. The summed E-state index contributed by atoms with van der Waals surface area (Å²) in [7, 11) is 0. The van der Waals surface area contributed by atoms with Crippen molar-refractivity contribution in [3.05, 3.63) is 28.4 Å². The molecule has 0 N–H and O–H groups in total. The lowest BCUT2D eigenvalue weighted by atomic mass is 9.97. The van der Waals surface area contributed by atoms with Crippen LogP contribution in [-0.2, 0) is 6.54 Å². The Balaban J connectivity index is 2.93. The monoisotopic (exact) mass is 258 g/mol. The molecule has 1 aromatic heterocycles. The maximum atomic E-state index is 11.5. The van der Waals surface area contributed by atoms with E-state index in [1.54, 1.807) is 17.0 Å². The Morgan fingerprint density at radius 3 is 2.71 bits per heavy atom. The first-order valence-electron chi connectivity index (χ1n) is 4.54.